The molecular weight excluding hydrogens is 550 g/mol. The summed E-state index contributed by atoms with van der Waals surface area (Å²) in [6.45, 7) is 7.94. The molecule has 0 saturated carbocycles. The van der Waals surface area contributed by atoms with E-state index in [9.17, 15) is 0 Å². The maximum absolute atomic E-state index is 8.92. The highest BCUT2D eigenvalue weighted by Gasteiger charge is 2.31. The van der Waals surface area contributed by atoms with Gasteiger partial charge in [0.2, 0.25) is 0 Å². The van der Waals surface area contributed by atoms with E-state index < -0.39 is 0 Å². The molecule has 0 atom stereocenters. The largest absolute Gasteiger partial charge is 0.397 e. The fourth-order valence-corrected chi connectivity index (χ4v) is 6.39. The van der Waals surface area contributed by atoms with Crippen LogP contribution in [0.3, 0.4) is 0 Å². The van der Waals surface area contributed by atoms with E-state index in [1.54, 1.807) is 6.08 Å². The minimum absolute atomic E-state index is 0.412. The molecule has 0 unspecified atom stereocenters. The summed E-state index contributed by atoms with van der Waals surface area (Å²) in [5, 5.41) is 18.9. The van der Waals surface area contributed by atoms with E-state index >= 15 is 0 Å². The Bertz CT molecular complexity index is 1830. The molecule has 7 rings (SSSR count). The number of hydrogen-bond donors (Lipinski definition) is 2. The molecule has 2 saturated heterocycles. The lowest BCUT2D eigenvalue weighted by Crippen LogP contribution is -2.55. The summed E-state index contributed by atoms with van der Waals surface area (Å²) in [5.41, 5.74) is 13.0. The standard InChI is InChI=1S/C33H43N11/c1-43(2)17-13-39(14-18-43)32-25(29-9-5-7-11-41(29)37-32)21-24-22-28(27(35)23-26(24)34)36-31-30-10-6-8-12-42(30)38-33(31)40-15-19-44(3,4)20-16-40/h5-12,22-23,34H,13-21,35H2,1-4H3/q+2. The molecule has 11 nitrogen and oxygen atoms in total. The predicted octanol–water partition coefficient (Wildman–Crippen LogP) is 2.89. The molecule has 0 radical (unpaired) electrons. The molecule has 2 aliphatic heterocycles. The van der Waals surface area contributed by atoms with Crippen molar-refractivity contribution < 1.29 is 8.97 Å². The number of likely N-dealkylation sites (N-methyl/N-ethyl adjacent to an activating group) is 2. The molecule has 0 bridgehead atoms. The number of anilines is 2. The Labute approximate surface area is 258 Å². The van der Waals surface area contributed by atoms with Crippen LogP contribution in [0.5, 0.6) is 0 Å². The fourth-order valence-electron chi connectivity index (χ4n) is 6.39. The van der Waals surface area contributed by atoms with Crippen LogP contribution in [-0.2, 0) is 6.42 Å². The summed E-state index contributed by atoms with van der Waals surface area (Å²) >= 11 is 0. The molecule has 2 fully saturated rings. The van der Waals surface area contributed by atoms with Gasteiger partial charge >= 0.3 is 0 Å². The fraction of sp³-hybridized carbons (Fsp3) is 0.394. The van der Waals surface area contributed by atoms with E-state index in [1.165, 1.54) is 0 Å². The van der Waals surface area contributed by atoms with Gasteiger partial charge in [0, 0.05) is 24.4 Å². The first kappa shape index (κ1) is 28.3. The molecule has 0 aromatic carbocycles. The van der Waals surface area contributed by atoms with Gasteiger partial charge in [0.15, 0.2) is 11.6 Å². The Morgan fingerprint density at radius 1 is 0.773 bits per heavy atom. The van der Waals surface area contributed by atoms with E-state index in [1.807, 2.05) is 45.7 Å². The maximum Gasteiger partial charge on any atom is 0.178 e. The molecule has 1 aliphatic carbocycles. The van der Waals surface area contributed by atoms with Gasteiger partial charge in [-0.3, -0.25) is 0 Å². The van der Waals surface area contributed by atoms with E-state index in [2.05, 4.69) is 56.2 Å². The Kier molecular flexibility index (Phi) is 6.82. The van der Waals surface area contributed by atoms with Crippen molar-refractivity contribution in [2.24, 2.45) is 10.7 Å². The minimum Gasteiger partial charge on any atom is -0.397 e. The quantitative estimate of drug-likeness (QED) is 0.274. The van der Waals surface area contributed by atoms with Gasteiger partial charge < -0.3 is 29.9 Å². The summed E-state index contributed by atoms with van der Waals surface area (Å²) in [6, 6.07) is 12.2. The van der Waals surface area contributed by atoms with Crippen molar-refractivity contribution in [3.63, 3.8) is 0 Å². The van der Waals surface area contributed by atoms with Crippen molar-refractivity contribution in [3.8, 4) is 0 Å². The van der Waals surface area contributed by atoms with E-state index in [0.29, 0.717) is 23.5 Å². The number of rotatable bonds is 5. The van der Waals surface area contributed by atoms with E-state index in [4.69, 9.17) is 26.3 Å². The van der Waals surface area contributed by atoms with Gasteiger partial charge in [0.1, 0.15) is 5.69 Å². The predicted molar refractivity (Wildman–Crippen MR) is 177 cm³/mol. The van der Waals surface area contributed by atoms with Crippen LogP contribution in [-0.4, -0.2) is 120 Å². The molecule has 6 heterocycles. The van der Waals surface area contributed by atoms with Gasteiger partial charge in [-0.15, -0.1) is 10.2 Å². The van der Waals surface area contributed by atoms with Gasteiger partial charge in [-0.05, 0) is 42.0 Å². The summed E-state index contributed by atoms with van der Waals surface area (Å²) in [7, 11) is 9.12. The van der Waals surface area contributed by atoms with Crippen LogP contribution in [0.2, 0.25) is 0 Å². The average Bonchev–Trinajstić information content (AvgIpc) is 3.54. The lowest BCUT2D eigenvalue weighted by Gasteiger charge is -2.39. The number of nitrogens with two attached hydrogens (primary N) is 1. The van der Waals surface area contributed by atoms with Crippen LogP contribution in [0.25, 0.3) is 11.0 Å². The van der Waals surface area contributed by atoms with Gasteiger partial charge in [0.05, 0.1) is 109 Å². The van der Waals surface area contributed by atoms with Gasteiger partial charge in [-0.2, -0.15) is 0 Å². The molecule has 4 aromatic rings. The monoisotopic (exact) mass is 593 g/mol. The lowest BCUT2D eigenvalue weighted by molar-refractivity contribution is -0.890. The lowest BCUT2D eigenvalue weighted by atomic mass is 9.94. The number of pyridine rings is 2. The second-order valence-electron chi connectivity index (χ2n) is 13.6. The molecule has 0 spiro atoms. The summed E-state index contributed by atoms with van der Waals surface area (Å²) < 4.78 is 5.88. The second-order valence-corrected chi connectivity index (χ2v) is 13.6. The van der Waals surface area contributed by atoms with Crippen molar-refractivity contribution in [1.82, 2.24) is 19.2 Å². The molecule has 44 heavy (non-hydrogen) atoms. The molecule has 228 valence electrons. The summed E-state index contributed by atoms with van der Waals surface area (Å²) in [6.07, 6.45) is 8.28. The average molecular weight is 594 g/mol. The molecule has 3 aliphatic rings. The topological polar surface area (TPSA) is 103 Å². The Morgan fingerprint density at radius 3 is 1.95 bits per heavy atom. The molecule has 4 aromatic heterocycles. The third kappa shape index (κ3) is 5.26. The zero-order valence-electron chi connectivity index (χ0n) is 26.2. The van der Waals surface area contributed by atoms with Crippen molar-refractivity contribution in [2.45, 2.75) is 6.42 Å². The van der Waals surface area contributed by atoms with Gasteiger partial charge in [0.25, 0.3) is 0 Å². The number of aliphatic imine (C=N–C) groups is 1. The molecule has 11 heteroatoms. The van der Waals surface area contributed by atoms with Crippen LogP contribution in [0, 0.1) is 5.41 Å². The second kappa shape index (κ2) is 10.6. The highest BCUT2D eigenvalue weighted by atomic mass is 15.4. The van der Waals surface area contributed by atoms with Crippen LogP contribution >= 0.6 is 0 Å². The van der Waals surface area contributed by atoms with Crippen molar-refractivity contribution in [1.29, 1.82) is 5.41 Å². The molecule has 0 amide bonds. The number of nitrogens with one attached hydrogen (secondary N) is 1. The van der Waals surface area contributed by atoms with Gasteiger partial charge in [-0.25, -0.2) is 14.0 Å². The van der Waals surface area contributed by atoms with Gasteiger partial charge in [-0.1, -0.05) is 12.1 Å². The molecular formula is C33H43N11+2. The zero-order chi connectivity index (χ0) is 30.6. The number of quaternary nitrogens is 2. The van der Waals surface area contributed by atoms with Crippen molar-refractivity contribution >= 4 is 39.8 Å². The number of hydrogen-bond acceptors (Lipinski definition) is 7. The number of allylic oxidation sites excluding steroid dienone is 3. The van der Waals surface area contributed by atoms with Crippen LogP contribution < -0.4 is 15.5 Å². The Morgan fingerprint density at radius 2 is 1.32 bits per heavy atom. The Balaban J connectivity index is 1.27. The van der Waals surface area contributed by atoms with E-state index in [0.717, 1.165) is 101 Å². The SMILES string of the molecule is C[N+]1(C)CCN(c2nn3ccccc3c2CC2=CC(=Nc3c(N4CC[N+](C)(C)CC4)nn4ccccc34)C(N)=CC2=N)CC1. The summed E-state index contributed by atoms with van der Waals surface area (Å²) in [5.74, 6) is 1.88. The highest BCUT2D eigenvalue weighted by Crippen LogP contribution is 2.35. The highest BCUT2D eigenvalue weighted by molar-refractivity contribution is 6.23. The third-order valence-electron chi connectivity index (χ3n) is 9.47. The third-order valence-corrected chi connectivity index (χ3v) is 9.47. The maximum atomic E-state index is 8.92. The smallest absolute Gasteiger partial charge is 0.178 e. The normalized spacial score (nSPS) is 21.3. The van der Waals surface area contributed by atoms with Crippen molar-refractivity contribution in [2.75, 3.05) is 90.3 Å². The first-order valence-corrected chi connectivity index (χ1v) is 15.5. The van der Waals surface area contributed by atoms with Crippen LogP contribution in [0.1, 0.15) is 5.56 Å². The number of nitrogens with zero attached hydrogens (tertiary/aromatic N) is 9. The van der Waals surface area contributed by atoms with Crippen LogP contribution in [0.4, 0.5) is 17.3 Å². The van der Waals surface area contributed by atoms with Crippen LogP contribution in [0.15, 0.2) is 77.2 Å². The number of aromatic nitrogens is 4. The molecule has 3 N–H and O–H groups in total. The van der Waals surface area contributed by atoms with Crippen molar-refractivity contribution in [3.05, 3.63) is 77.8 Å². The number of fused-ring (bicyclic) bond motifs is 2. The first-order chi connectivity index (χ1) is 21.1. The minimum atomic E-state index is 0.412. The first-order valence-electron chi connectivity index (χ1n) is 15.5. The van der Waals surface area contributed by atoms with E-state index in [-0.39, 0.29) is 0 Å². The number of piperazine rings is 2. The zero-order valence-corrected chi connectivity index (χ0v) is 26.2. The Hall–Kier alpha value is -4.48. The summed E-state index contributed by atoms with van der Waals surface area (Å²) in [4.78, 5) is 9.94.